The molecule has 0 bridgehead atoms. The summed E-state index contributed by atoms with van der Waals surface area (Å²) in [7, 11) is 0. The van der Waals surface area contributed by atoms with E-state index in [1.165, 1.54) is 0 Å². The van der Waals surface area contributed by atoms with E-state index >= 15 is 0 Å². The van der Waals surface area contributed by atoms with E-state index < -0.39 is 0 Å². The second-order valence-corrected chi connectivity index (χ2v) is 5.86. The Balaban J connectivity index is 1.35. The number of hydrogen-bond donors (Lipinski definition) is 1. The Labute approximate surface area is 124 Å². The molecule has 2 aliphatic rings. The molecule has 1 N–H and O–H groups in total. The molecule has 0 aliphatic carbocycles. The van der Waals surface area contributed by atoms with Crippen LogP contribution < -0.4 is 5.32 Å². The predicted molar refractivity (Wildman–Crippen MR) is 76.9 cm³/mol. The zero-order chi connectivity index (χ0) is 14.5. The lowest BCUT2D eigenvalue weighted by atomic mass is 9.97. The number of aromatic nitrogens is 1. The summed E-state index contributed by atoms with van der Waals surface area (Å²) in [5.41, 5.74) is 0. The Bertz CT molecular complexity index is 435. The van der Waals surface area contributed by atoms with Crippen LogP contribution in [0.25, 0.3) is 0 Å². The van der Waals surface area contributed by atoms with Crippen molar-refractivity contribution in [3.63, 3.8) is 0 Å². The van der Waals surface area contributed by atoms with Gasteiger partial charge in [0.25, 0.3) is 0 Å². The van der Waals surface area contributed by atoms with Crippen LogP contribution in [0.4, 0.5) is 0 Å². The summed E-state index contributed by atoms with van der Waals surface area (Å²) >= 11 is 0. The van der Waals surface area contributed by atoms with Crippen LogP contribution in [0.5, 0.6) is 0 Å². The largest absolute Gasteiger partial charge is 0.449 e. The molecule has 2 aliphatic heterocycles. The van der Waals surface area contributed by atoms with E-state index in [-0.39, 0.29) is 12.0 Å². The lowest BCUT2D eigenvalue weighted by Gasteiger charge is -2.30. The fraction of sp³-hybridized carbons (Fsp3) is 0.733. The molecule has 0 aromatic carbocycles. The number of nitrogens with zero attached hydrogens (tertiary/aromatic N) is 2. The number of hydrogen-bond acceptors (Lipinski definition) is 5. The van der Waals surface area contributed by atoms with Crippen LogP contribution in [-0.2, 0) is 9.53 Å². The van der Waals surface area contributed by atoms with E-state index in [9.17, 15) is 4.79 Å². The van der Waals surface area contributed by atoms with Gasteiger partial charge in [0.05, 0.1) is 18.8 Å². The van der Waals surface area contributed by atoms with Gasteiger partial charge in [-0.05, 0) is 38.8 Å². The van der Waals surface area contributed by atoms with Crippen molar-refractivity contribution < 1.29 is 13.9 Å². The molecule has 1 atom stereocenters. The molecule has 1 aromatic heterocycles. The van der Waals surface area contributed by atoms with E-state index in [0.29, 0.717) is 19.0 Å². The minimum atomic E-state index is 0.0973. The molecule has 0 spiro atoms. The maximum atomic E-state index is 11.9. The average Bonchev–Trinajstić information content (AvgIpc) is 3.19. The van der Waals surface area contributed by atoms with Crippen molar-refractivity contribution in [3.05, 3.63) is 18.4 Å². The van der Waals surface area contributed by atoms with Gasteiger partial charge in [-0.25, -0.2) is 4.98 Å². The van der Waals surface area contributed by atoms with Gasteiger partial charge >= 0.3 is 0 Å². The molecule has 1 aromatic rings. The molecule has 6 nitrogen and oxygen atoms in total. The summed E-state index contributed by atoms with van der Waals surface area (Å²) in [5.74, 6) is 1.32. The average molecular weight is 293 g/mol. The fourth-order valence-corrected chi connectivity index (χ4v) is 3.07. The van der Waals surface area contributed by atoms with Crippen LogP contribution in [0.1, 0.15) is 37.5 Å². The summed E-state index contributed by atoms with van der Waals surface area (Å²) in [4.78, 5) is 18.4. The highest BCUT2D eigenvalue weighted by Gasteiger charge is 2.25. The lowest BCUT2D eigenvalue weighted by Crippen LogP contribution is -2.43. The van der Waals surface area contributed by atoms with Gasteiger partial charge in [-0.1, -0.05) is 0 Å². The van der Waals surface area contributed by atoms with Crippen LogP contribution in [0.3, 0.4) is 0 Å². The third-order valence-corrected chi connectivity index (χ3v) is 4.31. The fourth-order valence-electron chi connectivity index (χ4n) is 3.07. The monoisotopic (exact) mass is 293 g/mol. The van der Waals surface area contributed by atoms with E-state index in [4.69, 9.17) is 9.15 Å². The minimum Gasteiger partial charge on any atom is -0.449 e. The Morgan fingerprint density at radius 1 is 1.38 bits per heavy atom. The first-order valence-corrected chi connectivity index (χ1v) is 7.81. The lowest BCUT2D eigenvalue weighted by molar-refractivity contribution is -0.123. The molecule has 2 saturated heterocycles. The molecule has 116 valence electrons. The number of carbonyl (C=O) groups is 1. The van der Waals surface area contributed by atoms with Gasteiger partial charge < -0.3 is 14.5 Å². The van der Waals surface area contributed by atoms with Crippen LogP contribution in [0, 0.1) is 0 Å². The smallest absolute Gasteiger partial charge is 0.234 e. The minimum absolute atomic E-state index is 0.0973. The molecule has 1 unspecified atom stereocenters. The molecule has 0 saturated carbocycles. The van der Waals surface area contributed by atoms with Gasteiger partial charge in [0.1, 0.15) is 6.26 Å². The number of carbonyl (C=O) groups excluding carboxylic acids is 1. The summed E-state index contributed by atoms with van der Waals surface area (Å²) in [6.07, 6.45) is 7.70. The highest BCUT2D eigenvalue weighted by Crippen LogP contribution is 2.26. The predicted octanol–water partition coefficient (Wildman–Crippen LogP) is 1.15. The Hall–Kier alpha value is -1.40. The normalized spacial score (nSPS) is 24.3. The van der Waals surface area contributed by atoms with Crippen molar-refractivity contribution in [2.45, 2.75) is 37.7 Å². The number of ether oxygens (including phenoxy) is 1. The van der Waals surface area contributed by atoms with Gasteiger partial charge in [0, 0.05) is 19.1 Å². The summed E-state index contributed by atoms with van der Waals surface area (Å²) < 4.78 is 10.9. The van der Waals surface area contributed by atoms with Crippen LogP contribution in [0.2, 0.25) is 0 Å². The van der Waals surface area contributed by atoms with E-state index in [1.807, 2.05) is 0 Å². The Morgan fingerprint density at radius 2 is 2.24 bits per heavy atom. The number of amides is 1. The third kappa shape index (κ3) is 4.04. The molecule has 2 fully saturated rings. The van der Waals surface area contributed by atoms with Crippen LogP contribution >= 0.6 is 0 Å². The van der Waals surface area contributed by atoms with Gasteiger partial charge in [0.2, 0.25) is 5.91 Å². The Kier molecular flexibility index (Phi) is 4.87. The summed E-state index contributed by atoms with van der Waals surface area (Å²) in [6, 6.07) is 0. The molecule has 3 heterocycles. The van der Waals surface area contributed by atoms with Crippen molar-refractivity contribution >= 4 is 5.91 Å². The maximum Gasteiger partial charge on any atom is 0.234 e. The molecule has 1 amide bonds. The highest BCUT2D eigenvalue weighted by atomic mass is 16.5. The first-order chi connectivity index (χ1) is 10.3. The zero-order valence-corrected chi connectivity index (χ0v) is 12.3. The SMILES string of the molecule is O=C(CN1CCC(c2ncco2)CC1)NCC1CCCO1. The van der Waals surface area contributed by atoms with Crippen molar-refractivity contribution in [3.8, 4) is 0 Å². The molecular formula is C15H23N3O3. The first kappa shape index (κ1) is 14.5. The quantitative estimate of drug-likeness (QED) is 0.882. The van der Waals surface area contributed by atoms with Crippen molar-refractivity contribution in [1.29, 1.82) is 0 Å². The standard InChI is InChI=1S/C15H23N3O3/c19-14(17-10-13-2-1-8-20-13)11-18-6-3-12(4-7-18)15-16-5-9-21-15/h5,9,12-13H,1-4,6-8,10-11H2,(H,17,19). The van der Waals surface area contributed by atoms with Crippen molar-refractivity contribution in [2.24, 2.45) is 0 Å². The molecule has 6 heteroatoms. The second kappa shape index (κ2) is 7.04. The number of nitrogens with one attached hydrogen (secondary N) is 1. The second-order valence-electron chi connectivity index (χ2n) is 5.86. The number of piperidine rings is 1. The van der Waals surface area contributed by atoms with E-state index in [1.54, 1.807) is 12.5 Å². The molecule has 0 radical (unpaired) electrons. The van der Waals surface area contributed by atoms with Gasteiger partial charge in [0.15, 0.2) is 5.89 Å². The number of oxazole rings is 1. The van der Waals surface area contributed by atoms with Crippen LogP contribution in [-0.4, -0.2) is 54.7 Å². The van der Waals surface area contributed by atoms with Gasteiger partial charge in [-0.2, -0.15) is 0 Å². The first-order valence-electron chi connectivity index (χ1n) is 7.81. The number of rotatable bonds is 5. The summed E-state index contributed by atoms with van der Waals surface area (Å²) in [5, 5.41) is 2.97. The third-order valence-electron chi connectivity index (χ3n) is 4.31. The van der Waals surface area contributed by atoms with Gasteiger partial charge in [-0.3, -0.25) is 9.69 Å². The van der Waals surface area contributed by atoms with E-state index in [0.717, 1.165) is 51.3 Å². The molecule has 21 heavy (non-hydrogen) atoms. The van der Waals surface area contributed by atoms with E-state index in [2.05, 4.69) is 15.2 Å². The molecular weight excluding hydrogens is 270 g/mol. The topological polar surface area (TPSA) is 67.6 Å². The Morgan fingerprint density at radius 3 is 2.90 bits per heavy atom. The highest BCUT2D eigenvalue weighted by molar-refractivity contribution is 5.78. The maximum absolute atomic E-state index is 11.9. The van der Waals surface area contributed by atoms with Crippen LogP contribution in [0.15, 0.2) is 16.9 Å². The van der Waals surface area contributed by atoms with Gasteiger partial charge in [-0.15, -0.1) is 0 Å². The van der Waals surface area contributed by atoms with Crippen molar-refractivity contribution in [1.82, 2.24) is 15.2 Å². The molecule has 3 rings (SSSR count). The van der Waals surface area contributed by atoms with Crippen molar-refractivity contribution in [2.75, 3.05) is 32.8 Å². The summed E-state index contributed by atoms with van der Waals surface area (Å²) in [6.45, 7) is 3.78. The number of likely N-dealkylation sites (tertiary alicyclic amines) is 1. The zero-order valence-electron chi connectivity index (χ0n) is 12.3.